The first kappa shape index (κ1) is 20.1. The maximum atomic E-state index is 13.0. The van der Waals surface area contributed by atoms with Crippen LogP contribution in [0.1, 0.15) is 23.6 Å². The summed E-state index contributed by atoms with van der Waals surface area (Å²) >= 11 is 3.54. The van der Waals surface area contributed by atoms with E-state index in [4.69, 9.17) is 9.47 Å². The Balaban J connectivity index is 1.76. The molecule has 0 unspecified atom stereocenters. The molecule has 0 heterocycles. The van der Waals surface area contributed by atoms with Crippen LogP contribution in [0.15, 0.2) is 70.1 Å². The fourth-order valence-electron chi connectivity index (χ4n) is 2.66. The molecule has 0 aromatic heterocycles. The zero-order valence-corrected chi connectivity index (χ0v) is 17.4. The highest BCUT2D eigenvalue weighted by molar-refractivity contribution is 9.10. The van der Waals surface area contributed by atoms with Gasteiger partial charge in [0, 0.05) is 6.21 Å². The number of aryl methyl sites for hydroxylation is 1. The monoisotopic (exact) mass is 441 g/mol. The van der Waals surface area contributed by atoms with Crippen molar-refractivity contribution in [1.29, 1.82) is 0 Å². The first-order chi connectivity index (χ1) is 13.6. The van der Waals surface area contributed by atoms with E-state index in [0.29, 0.717) is 18.1 Å². The van der Waals surface area contributed by atoms with Gasteiger partial charge in [-0.1, -0.05) is 31.2 Å². The van der Waals surface area contributed by atoms with Crippen LogP contribution in [0.2, 0.25) is 0 Å². The SMILES string of the molecule is CCc1ccc(N=Cc2cc(Br)c(OCc3ccc(F)cc3)c(OC)c2)cc1. The number of aliphatic imine (C=N–C) groups is 1. The van der Waals surface area contributed by atoms with Crippen LogP contribution in [-0.4, -0.2) is 13.3 Å². The third kappa shape index (κ3) is 5.20. The van der Waals surface area contributed by atoms with E-state index < -0.39 is 0 Å². The molecule has 144 valence electrons. The molecule has 3 rings (SSSR count). The van der Waals surface area contributed by atoms with Crippen molar-refractivity contribution in [3.63, 3.8) is 0 Å². The highest BCUT2D eigenvalue weighted by Gasteiger charge is 2.11. The van der Waals surface area contributed by atoms with Gasteiger partial charge in [0.25, 0.3) is 0 Å². The summed E-state index contributed by atoms with van der Waals surface area (Å²) in [6, 6.07) is 18.2. The molecule has 5 heteroatoms. The zero-order valence-electron chi connectivity index (χ0n) is 15.8. The molecule has 0 amide bonds. The minimum Gasteiger partial charge on any atom is -0.493 e. The number of hydrogen-bond donors (Lipinski definition) is 0. The summed E-state index contributed by atoms with van der Waals surface area (Å²) in [4.78, 5) is 4.52. The number of nitrogens with zero attached hydrogens (tertiary/aromatic N) is 1. The molecule has 3 nitrogen and oxygen atoms in total. The van der Waals surface area contributed by atoms with Gasteiger partial charge in [0.05, 0.1) is 17.3 Å². The van der Waals surface area contributed by atoms with Crippen molar-refractivity contribution < 1.29 is 13.9 Å². The first-order valence-electron chi connectivity index (χ1n) is 8.97. The topological polar surface area (TPSA) is 30.8 Å². The summed E-state index contributed by atoms with van der Waals surface area (Å²) in [6.45, 7) is 2.44. The van der Waals surface area contributed by atoms with Gasteiger partial charge in [0.2, 0.25) is 0 Å². The van der Waals surface area contributed by atoms with E-state index in [1.165, 1.54) is 17.7 Å². The van der Waals surface area contributed by atoms with E-state index in [1.807, 2.05) is 24.3 Å². The molecule has 0 aliphatic heterocycles. The Morgan fingerprint density at radius 1 is 1.00 bits per heavy atom. The maximum Gasteiger partial charge on any atom is 0.175 e. The second-order valence-electron chi connectivity index (χ2n) is 6.23. The van der Waals surface area contributed by atoms with Gasteiger partial charge in [0.1, 0.15) is 12.4 Å². The Bertz CT molecular complexity index is 954. The van der Waals surface area contributed by atoms with E-state index in [1.54, 1.807) is 25.5 Å². The molecule has 0 aliphatic carbocycles. The Hall–Kier alpha value is -2.66. The van der Waals surface area contributed by atoms with Crippen LogP contribution in [0.5, 0.6) is 11.5 Å². The molecule has 0 aliphatic rings. The smallest absolute Gasteiger partial charge is 0.175 e. The van der Waals surface area contributed by atoms with Gasteiger partial charge >= 0.3 is 0 Å². The van der Waals surface area contributed by atoms with Crippen LogP contribution in [0, 0.1) is 5.82 Å². The van der Waals surface area contributed by atoms with Crippen molar-refractivity contribution in [2.24, 2.45) is 4.99 Å². The highest BCUT2D eigenvalue weighted by atomic mass is 79.9. The zero-order chi connectivity index (χ0) is 19.9. The van der Waals surface area contributed by atoms with Crippen molar-refractivity contribution in [2.75, 3.05) is 7.11 Å². The Morgan fingerprint density at radius 2 is 1.68 bits per heavy atom. The van der Waals surface area contributed by atoms with Gasteiger partial charge in [-0.3, -0.25) is 4.99 Å². The van der Waals surface area contributed by atoms with E-state index >= 15 is 0 Å². The summed E-state index contributed by atoms with van der Waals surface area (Å²) in [5.41, 5.74) is 3.93. The Morgan fingerprint density at radius 3 is 2.32 bits per heavy atom. The predicted molar refractivity (Wildman–Crippen MR) is 115 cm³/mol. The largest absolute Gasteiger partial charge is 0.493 e. The van der Waals surface area contributed by atoms with E-state index in [2.05, 4.69) is 40.0 Å². The van der Waals surface area contributed by atoms with Gasteiger partial charge in [-0.15, -0.1) is 0 Å². The van der Waals surface area contributed by atoms with Gasteiger partial charge in [-0.25, -0.2) is 4.39 Å². The summed E-state index contributed by atoms with van der Waals surface area (Å²) in [7, 11) is 1.59. The van der Waals surface area contributed by atoms with Crippen molar-refractivity contribution in [2.45, 2.75) is 20.0 Å². The molecule has 3 aromatic carbocycles. The van der Waals surface area contributed by atoms with Crippen molar-refractivity contribution in [1.82, 2.24) is 0 Å². The molecule has 0 bridgehead atoms. The second kappa shape index (κ2) is 9.51. The van der Waals surface area contributed by atoms with Crippen LogP contribution in [0.25, 0.3) is 0 Å². The van der Waals surface area contributed by atoms with Crippen LogP contribution in [-0.2, 0) is 13.0 Å². The average molecular weight is 442 g/mol. The van der Waals surface area contributed by atoms with Gasteiger partial charge < -0.3 is 9.47 Å². The van der Waals surface area contributed by atoms with Crippen molar-refractivity contribution in [3.05, 3.63) is 87.6 Å². The lowest BCUT2D eigenvalue weighted by Crippen LogP contribution is -1.99. The predicted octanol–water partition coefficient (Wildman–Crippen LogP) is 6.49. The molecule has 0 N–H and O–H groups in total. The number of methoxy groups -OCH3 is 1. The number of ether oxygens (including phenoxy) is 2. The van der Waals surface area contributed by atoms with Crippen molar-refractivity contribution in [3.8, 4) is 11.5 Å². The fourth-order valence-corrected chi connectivity index (χ4v) is 3.23. The van der Waals surface area contributed by atoms with Crippen LogP contribution in [0.3, 0.4) is 0 Å². The maximum absolute atomic E-state index is 13.0. The van der Waals surface area contributed by atoms with Crippen molar-refractivity contribution >= 4 is 27.8 Å². The minimum absolute atomic E-state index is 0.268. The molecule has 0 saturated heterocycles. The first-order valence-corrected chi connectivity index (χ1v) is 9.76. The molecule has 0 fully saturated rings. The normalized spacial score (nSPS) is 11.0. The number of benzene rings is 3. The average Bonchev–Trinajstić information content (AvgIpc) is 2.72. The van der Waals surface area contributed by atoms with E-state index in [9.17, 15) is 4.39 Å². The molecule has 0 radical (unpaired) electrons. The third-order valence-corrected chi connectivity index (χ3v) is 4.84. The second-order valence-corrected chi connectivity index (χ2v) is 7.08. The third-order valence-electron chi connectivity index (χ3n) is 4.26. The molecule has 28 heavy (non-hydrogen) atoms. The molecule has 0 atom stereocenters. The van der Waals surface area contributed by atoms with Gasteiger partial charge in [0.15, 0.2) is 11.5 Å². The van der Waals surface area contributed by atoms with E-state index in [-0.39, 0.29) is 5.82 Å². The standard InChI is InChI=1S/C23H21BrFNO2/c1-3-16-6-10-20(11-7-16)26-14-18-12-21(24)23(22(13-18)27-2)28-15-17-4-8-19(25)9-5-17/h4-14H,3,15H2,1-2H3. The lowest BCUT2D eigenvalue weighted by atomic mass is 10.1. The lowest BCUT2D eigenvalue weighted by Gasteiger charge is -2.13. The molecule has 3 aromatic rings. The summed E-state index contributed by atoms with van der Waals surface area (Å²) in [6.07, 6.45) is 2.80. The number of rotatable bonds is 7. The van der Waals surface area contributed by atoms with Crippen LogP contribution >= 0.6 is 15.9 Å². The van der Waals surface area contributed by atoms with Crippen LogP contribution < -0.4 is 9.47 Å². The molecular weight excluding hydrogens is 421 g/mol. The quantitative estimate of drug-likeness (QED) is 0.392. The minimum atomic E-state index is -0.268. The Labute approximate surface area is 173 Å². The fraction of sp³-hybridized carbons (Fsp3) is 0.174. The summed E-state index contributed by atoms with van der Waals surface area (Å²) in [5.74, 6) is 0.922. The summed E-state index contributed by atoms with van der Waals surface area (Å²) < 4.78 is 25.2. The number of hydrogen-bond acceptors (Lipinski definition) is 3. The summed E-state index contributed by atoms with van der Waals surface area (Å²) in [5, 5.41) is 0. The van der Waals surface area contributed by atoms with Crippen LogP contribution in [0.4, 0.5) is 10.1 Å². The lowest BCUT2D eigenvalue weighted by molar-refractivity contribution is 0.282. The van der Waals surface area contributed by atoms with Gasteiger partial charge in [-0.05, 0) is 75.4 Å². The van der Waals surface area contributed by atoms with Gasteiger partial charge in [-0.2, -0.15) is 0 Å². The molecule has 0 spiro atoms. The molecule has 0 saturated carbocycles. The molecular formula is C23H21BrFNO2. The Kier molecular flexibility index (Phi) is 6.82. The van der Waals surface area contributed by atoms with E-state index in [0.717, 1.165) is 27.7 Å². The number of halogens is 2. The highest BCUT2D eigenvalue weighted by Crippen LogP contribution is 2.37.